The number of ether oxygens (including phenoxy) is 1. The number of carbonyl (C=O) groups excluding carboxylic acids is 1. The fourth-order valence-corrected chi connectivity index (χ4v) is 6.20. The number of hydrogen-bond donors (Lipinski definition) is 0. The molecule has 4 rings (SSSR count). The van der Waals surface area contributed by atoms with Gasteiger partial charge in [-0.2, -0.15) is 0 Å². The van der Waals surface area contributed by atoms with E-state index in [4.69, 9.17) is 4.74 Å². The van der Waals surface area contributed by atoms with Gasteiger partial charge in [0.25, 0.3) is 0 Å². The summed E-state index contributed by atoms with van der Waals surface area (Å²) >= 11 is 0. The normalized spacial score (nSPS) is 27.0. The van der Waals surface area contributed by atoms with E-state index in [9.17, 15) is 13.2 Å². The third-order valence-corrected chi connectivity index (χ3v) is 8.20. The average Bonchev–Trinajstić information content (AvgIpc) is 3.28. The molecule has 1 unspecified atom stereocenters. The smallest absolute Gasteiger partial charge is 0.222 e. The van der Waals surface area contributed by atoms with Crippen LogP contribution in [0.4, 0.5) is 0 Å². The molecule has 2 saturated heterocycles. The second-order valence-electron chi connectivity index (χ2n) is 7.25. The molecule has 1 atom stereocenters. The van der Waals surface area contributed by atoms with Crippen LogP contribution in [-0.2, 0) is 14.6 Å². The van der Waals surface area contributed by atoms with Gasteiger partial charge in [-0.1, -0.05) is 6.07 Å². The molecule has 24 heavy (non-hydrogen) atoms. The number of carbonyl (C=O) groups is 1. The number of hydrogen-bond acceptors (Lipinski definition) is 5. The predicted molar refractivity (Wildman–Crippen MR) is 88.3 cm³/mol. The summed E-state index contributed by atoms with van der Waals surface area (Å²) in [6.45, 7) is 0.995. The molecule has 130 valence electrons. The first-order chi connectivity index (χ1) is 11.5. The quantitative estimate of drug-likeness (QED) is 0.799. The largest absolute Gasteiger partial charge is 0.477 e. The summed E-state index contributed by atoms with van der Waals surface area (Å²) in [7, 11) is -3.18. The van der Waals surface area contributed by atoms with Crippen LogP contribution in [0.25, 0.3) is 0 Å². The van der Waals surface area contributed by atoms with Crippen molar-refractivity contribution in [3.05, 3.63) is 24.4 Å². The highest BCUT2D eigenvalue weighted by atomic mass is 32.2. The van der Waals surface area contributed by atoms with Crippen molar-refractivity contribution in [2.24, 2.45) is 11.8 Å². The zero-order chi connectivity index (χ0) is 16.8. The van der Waals surface area contributed by atoms with E-state index >= 15 is 0 Å². The van der Waals surface area contributed by atoms with Crippen LogP contribution in [0.15, 0.2) is 24.4 Å². The van der Waals surface area contributed by atoms with Crippen LogP contribution >= 0.6 is 0 Å². The van der Waals surface area contributed by atoms with Crippen molar-refractivity contribution in [2.45, 2.75) is 30.4 Å². The molecule has 3 aliphatic rings. The molecule has 1 aromatic rings. The van der Waals surface area contributed by atoms with Gasteiger partial charge in [-0.05, 0) is 31.2 Å². The zero-order valence-corrected chi connectivity index (χ0v) is 14.4. The number of sulfone groups is 1. The zero-order valence-electron chi connectivity index (χ0n) is 13.6. The van der Waals surface area contributed by atoms with E-state index in [1.54, 1.807) is 17.2 Å². The van der Waals surface area contributed by atoms with Crippen LogP contribution in [0.5, 0.6) is 5.88 Å². The molecular weight excluding hydrogens is 328 g/mol. The highest BCUT2D eigenvalue weighted by Gasteiger charge is 2.62. The van der Waals surface area contributed by atoms with Gasteiger partial charge in [0, 0.05) is 37.7 Å². The molecule has 0 N–H and O–H groups in total. The fourth-order valence-electron chi connectivity index (χ4n) is 3.80. The van der Waals surface area contributed by atoms with Crippen molar-refractivity contribution in [3.8, 4) is 5.88 Å². The van der Waals surface area contributed by atoms with Crippen molar-refractivity contribution in [2.75, 3.05) is 25.4 Å². The first-order valence-corrected chi connectivity index (χ1v) is 10.2. The van der Waals surface area contributed by atoms with Gasteiger partial charge in [-0.15, -0.1) is 0 Å². The van der Waals surface area contributed by atoms with E-state index in [0.29, 0.717) is 44.3 Å². The average molecular weight is 350 g/mol. The summed E-state index contributed by atoms with van der Waals surface area (Å²) in [5.74, 6) is 1.26. The van der Waals surface area contributed by atoms with E-state index in [1.807, 2.05) is 12.1 Å². The lowest BCUT2D eigenvalue weighted by Crippen LogP contribution is -2.69. The Morgan fingerprint density at radius 3 is 2.75 bits per heavy atom. The lowest BCUT2D eigenvalue weighted by molar-refractivity contribution is -0.138. The minimum Gasteiger partial charge on any atom is -0.477 e. The first kappa shape index (κ1) is 15.9. The maximum absolute atomic E-state index is 12.6. The van der Waals surface area contributed by atoms with E-state index < -0.39 is 14.6 Å². The first-order valence-electron chi connectivity index (χ1n) is 8.54. The molecule has 0 radical (unpaired) electrons. The fraction of sp³-hybridized carbons (Fsp3) is 0.647. The van der Waals surface area contributed by atoms with Gasteiger partial charge >= 0.3 is 0 Å². The molecule has 1 aromatic heterocycles. The molecule has 0 bridgehead atoms. The molecule has 6 nitrogen and oxygen atoms in total. The summed E-state index contributed by atoms with van der Waals surface area (Å²) in [5, 5.41) is 0. The van der Waals surface area contributed by atoms with Crippen LogP contribution in [0.2, 0.25) is 0 Å². The van der Waals surface area contributed by atoms with E-state index in [2.05, 4.69) is 4.98 Å². The minimum atomic E-state index is -3.18. The van der Waals surface area contributed by atoms with E-state index in [-0.39, 0.29) is 17.6 Å². The number of rotatable bonds is 5. The van der Waals surface area contributed by atoms with Crippen LogP contribution in [0.1, 0.15) is 25.7 Å². The Balaban J connectivity index is 1.42. The van der Waals surface area contributed by atoms with Crippen molar-refractivity contribution in [1.82, 2.24) is 9.88 Å². The summed E-state index contributed by atoms with van der Waals surface area (Å²) < 4.78 is 30.1. The SMILES string of the molecule is O=C(CC1CC1)N1CC2(C1)C(COc1ccccn1)CCS2(=O)=O. The predicted octanol–water partition coefficient (Wildman–Crippen LogP) is 1.28. The Labute approximate surface area is 142 Å². The third-order valence-electron chi connectivity index (χ3n) is 5.60. The molecule has 1 amide bonds. The second kappa shape index (κ2) is 5.72. The van der Waals surface area contributed by atoms with Gasteiger partial charge in [-0.25, -0.2) is 13.4 Å². The van der Waals surface area contributed by atoms with Crippen LogP contribution in [0.3, 0.4) is 0 Å². The van der Waals surface area contributed by atoms with Crippen LogP contribution in [0, 0.1) is 11.8 Å². The molecule has 3 heterocycles. The molecule has 0 aromatic carbocycles. The van der Waals surface area contributed by atoms with Gasteiger partial charge in [0.05, 0.1) is 12.4 Å². The summed E-state index contributed by atoms with van der Waals surface area (Å²) in [6, 6.07) is 5.41. The monoisotopic (exact) mass is 350 g/mol. The Kier molecular flexibility index (Phi) is 3.78. The number of aromatic nitrogens is 1. The molecule has 1 spiro atoms. The lowest BCUT2D eigenvalue weighted by Gasteiger charge is -2.49. The van der Waals surface area contributed by atoms with Gasteiger partial charge in [0.1, 0.15) is 4.75 Å². The summed E-state index contributed by atoms with van der Waals surface area (Å²) in [4.78, 5) is 18.0. The van der Waals surface area contributed by atoms with Crippen molar-refractivity contribution in [3.63, 3.8) is 0 Å². The Hall–Kier alpha value is -1.63. The maximum atomic E-state index is 12.6. The lowest BCUT2D eigenvalue weighted by atomic mass is 9.83. The summed E-state index contributed by atoms with van der Waals surface area (Å²) in [6.07, 6.45) is 5.08. The number of amides is 1. The summed E-state index contributed by atoms with van der Waals surface area (Å²) in [5.41, 5.74) is 0. The molecule has 2 aliphatic heterocycles. The van der Waals surface area contributed by atoms with Crippen LogP contribution in [-0.4, -0.2) is 54.4 Å². The standard InChI is InChI=1S/C17H22N2O4S/c20-16(9-13-4-5-13)19-11-17(12-19)14(6-8-24(17,21)22)10-23-15-3-1-2-7-18-15/h1-3,7,13-14H,4-6,8-12H2. The van der Waals surface area contributed by atoms with Gasteiger partial charge in [0.2, 0.25) is 11.8 Å². The number of pyridine rings is 1. The molecule has 7 heteroatoms. The Bertz CT molecular complexity index is 724. The second-order valence-corrected chi connectivity index (χ2v) is 9.70. The topological polar surface area (TPSA) is 76.6 Å². The number of likely N-dealkylation sites (tertiary alicyclic amines) is 1. The van der Waals surface area contributed by atoms with Gasteiger partial charge < -0.3 is 9.64 Å². The van der Waals surface area contributed by atoms with Gasteiger partial charge in [-0.3, -0.25) is 4.79 Å². The highest BCUT2D eigenvalue weighted by Crippen LogP contribution is 2.45. The molecular formula is C17H22N2O4S. The minimum absolute atomic E-state index is 0.0746. The van der Waals surface area contributed by atoms with Crippen molar-refractivity contribution in [1.29, 1.82) is 0 Å². The number of nitrogens with zero attached hydrogens (tertiary/aromatic N) is 2. The molecule has 1 saturated carbocycles. The van der Waals surface area contributed by atoms with Crippen molar-refractivity contribution >= 4 is 15.7 Å². The van der Waals surface area contributed by atoms with E-state index in [0.717, 1.165) is 12.8 Å². The van der Waals surface area contributed by atoms with E-state index in [1.165, 1.54) is 0 Å². The molecule has 3 fully saturated rings. The Morgan fingerprint density at radius 2 is 2.08 bits per heavy atom. The van der Waals surface area contributed by atoms with Crippen LogP contribution < -0.4 is 4.74 Å². The highest BCUT2D eigenvalue weighted by molar-refractivity contribution is 7.93. The molecule has 1 aliphatic carbocycles. The Morgan fingerprint density at radius 1 is 1.29 bits per heavy atom. The van der Waals surface area contributed by atoms with Gasteiger partial charge in [0.15, 0.2) is 9.84 Å². The third kappa shape index (κ3) is 2.68. The maximum Gasteiger partial charge on any atom is 0.222 e. The van der Waals surface area contributed by atoms with Crippen molar-refractivity contribution < 1.29 is 17.9 Å².